The molecule has 4 rings (SSSR count). The zero-order valence-electron chi connectivity index (χ0n) is 14.9. The van der Waals surface area contributed by atoms with E-state index < -0.39 is 0 Å². The van der Waals surface area contributed by atoms with Gasteiger partial charge in [-0.2, -0.15) is 0 Å². The van der Waals surface area contributed by atoms with Crippen molar-refractivity contribution in [2.45, 2.75) is 13.3 Å². The van der Waals surface area contributed by atoms with Gasteiger partial charge >= 0.3 is 5.97 Å². The molecule has 0 saturated heterocycles. The van der Waals surface area contributed by atoms with Gasteiger partial charge in [-0.3, -0.25) is 9.59 Å². The Morgan fingerprint density at radius 2 is 1.73 bits per heavy atom. The molecule has 2 unspecified atom stereocenters. The van der Waals surface area contributed by atoms with Gasteiger partial charge in [0.2, 0.25) is 5.78 Å². The maximum Gasteiger partial charge on any atom is 0.309 e. The second-order valence-corrected chi connectivity index (χ2v) is 7.02. The predicted molar refractivity (Wildman–Crippen MR) is 101 cm³/mol. The van der Waals surface area contributed by atoms with Crippen molar-refractivity contribution in [3.05, 3.63) is 60.2 Å². The van der Waals surface area contributed by atoms with Crippen LogP contribution in [0.3, 0.4) is 0 Å². The van der Waals surface area contributed by atoms with Crippen LogP contribution < -0.4 is 0 Å². The molecule has 0 aliphatic heterocycles. The van der Waals surface area contributed by atoms with Gasteiger partial charge in [0.25, 0.3) is 0 Å². The van der Waals surface area contributed by atoms with Gasteiger partial charge in [-0.1, -0.05) is 55.5 Å². The first kappa shape index (κ1) is 16.6. The van der Waals surface area contributed by atoms with E-state index in [1.807, 2.05) is 73.1 Å². The number of esters is 1. The molecule has 0 bridgehead atoms. The summed E-state index contributed by atoms with van der Waals surface area (Å²) >= 11 is 0. The van der Waals surface area contributed by atoms with Crippen LogP contribution in [0.15, 0.2) is 54.6 Å². The molecule has 1 saturated carbocycles. The van der Waals surface area contributed by atoms with Gasteiger partial charge in [-0.25, -0.2) is 0 Å². The Kier molecular flexibility index (Phi) is 4.11. The lowest BCUT2D eigenvalue weighted by atomic mass is 10.0. The van der Waals surface area contributed by atoms with Gasteiger partial charge in [0, 0.05) is 18.0 Å². The summed E-state index contributed by atoms with van der Waals surface area (Å²) in [6.07, 6.45) is 0.858. The van der Waals surface area contributed by atoms with E-state index in [-0.39, 0.29) is 24.3 Å². The van der Waals surface area contributed by atoms with E-state index in [1.54, 1.807) is 0 Å². The standard InChI is InChI=1S/C22H21NO3/c1-14-12-17(14)22(25)26-13-19(24)20-16-10-6-7-11-18(16)23(2)21(20)15-8-4-3-5-9-15/h3-11,14,17H,12-13H2,1-2H3. The highest BCUT2D eigenvalue weighted by Crippen LogP contribution is 2.39. The smallest absolute Gasteiger partial charge is 0.309 e. The number of para-hydroxylation sites is 1. The number of hydrogen-bond donors (Lipinski definition) is 0. The lowest BCUT2D eigenvalue weighted by Crippen LogP contribution is -2.16. The zero-order chi connectivity index (χ0) is 18.3. The van der Waals surface area contributed by atoms with Crippen molar-refractivity contribution in [3.63, 3.8) is 0 Å². The highest BCUT2D eigenvalue weighted by molar-refractivity contribution is 6.14. The van der Waals surface area contributed by atoms with Gasteiger partial charge in [0.05, 0.1) is 17.2 Å². The van der Waals surface area contributed by atoms with Crippen molar-refractivity contribution in [3.8, 4) is 11.3 Å². The number of carbonyl (C=O) groups excluding carboxylic acids is 2. The molecule has 4 heteroatoms. The van der Waals surface area contributed by atoms with Crippen molar-refractivity contribution < 1.29 is 14.3 Å². The van der Waals surface area contributed by atoms with Crippen molar-refractivity contribution in [1.82, 2.24) is 4.57 Å². The molecular weight excluding hydrogens is 326 g/mol. The van der Waals surface area contributed by atoms with E-state index in [2.05, 4.69) is 0 Å². The van der Waals surface area contributed by atoms with Crippen molar-refractivity contribution in [1.29, 1.82) is 0 Å². The van der Waals surface area contributed by atoms with Crippen LogP contribution in [0.2, 0.25) is 0 Å². The Labute approximate surface area is 152 Å². The number of carbonyl (C=O) groups is 2. The Hall–Kier alpha value is -2.88. The fraction of sp³-hybridized carbons (Fsp3) is 0.273. The second kappa shape index (κ2) is 6.45. The van der Waals surface area contributed by atoms with Crippen LogP contribution in [-0.2, 0) is 16.6 Å². The Bertz CT molecular complexity index is 987. The summed E-state index contributed by atoms with van der Waals surface area (Å²) in [5, 5.41) is 0.884. The number of rotatable bonds is 5. The SMILES string of the molecule is CC1CC1C(=O)OCC(=O)c1c(-c2ccccc2)n(C)c2ccccc12. The van der Waals surface area contributed by atoms with Gasteiger partial charge in [0.15, 0.2) is 6.61 Å². The van der Waals surface area contributed by atoms with Crippen molar-refractivity contribution in [2.75, 3.05) is 6.61 Å². The summed E-state index contributed by atoms with van der Waals surface area (Å²) in [6.45, 7) is 1.81. The number of ether oxygens (including phenoxy) is 1. The topological polar surface area (TPSA) is 48.3 Å². The second-order valence-electron chi connectivity index (χ2n) is 7.02. The first-order chi connectivity index (χ1) is 12.6. The van der Waals surface area contributed by atoms with E-state index >= 15 is 0 Å². The molecule has 2 aromatic carbocycles. The highest BCUT2D eigenvalue weighted by Gasteiger charge is 2.40. The fourth-order valence-corrected chi connectivity index (χ4v) is 3.58. The zero-order valence-corrected chi connectivity index (χ0v) is 14.9. The van der Waals surface area contributed by atoms with E-state index in [9.17, 15) is 9.59 Å². The first-order valence-corrected chi connectivity index (χ1v) is 8.90. The van der Waals surface area contributed by atoms with Crippen molar-refractivity contribution >= 4 is 22.7 Å². The molecule has 0 N–H and O–H groups in total. The molecule has 2 atom stereocenters. The number of aromatic nitrogens is 1. The van der Waals surface area contributed by atoms with Crippen LogP contribution in [0.25, 0.3) is 22.2 Å². The number of nitrogens with zero attached hydrogens (tertiary/aromatic N) is 1. The maximum absolute atomic E-state index is 13.0. The highest BCUT2D eigenvalue weighted by atomic mass is 16.5. The lowest BCUT2D eigenvalue weighted by Gasteiger charge is -2.08. The molecule has 26 heavy (non-hydrogen) atoms. The quantitative estimate of drug-likeness (QED) is 0.513. The normalized spacial score (nSPS) is 18.7. The molecule has 3 aromatic rings. The minimum Gasteiger partial charge on any atom is -0.457 e. The molecule has 0 spiro atoms. The van der Waals surface area contributed by atoms with Crippen molar-refractivity contribution in [2.24, 2.45) is 18.9 Å². The Morgan fingerprint density at radius 1 is 1.08 bits per heavy atom. The molecule has 1 aromatic heterocycles. The molecule has 0 radical (unpaired) electrons. The number of benzene rings is 2. The first-order valence-electron chi connectivity index (χ1n) is 8.90. The van der Waals surface area contributed by atoms with Gasteiger partial charge in [-0.05, 0) is 24.0 Å². The number of hydrogen-bond acceptors (Lipinski definition) is 3. The number of fused-ring (bicyclic) bond motifs is 1. The summed E-state index contributed by atoms with van der Waals surface area (Å²) in [5.41, 5.74) is 3.42. The average molecular weight is 347 g/mol. The lowest BCUT2D eigenvalue weighted by molar-refractivity contribution is -0.144. The van der Waals surface area contributed by atoms with Crippen LogP contribution in [0.5, 0.6) is 0 Å². The fourth-order valence-electron chi connectivity index (χ4n) is 3.58. The van der Waals surface area contributed by atoms with E-state index in [0.29, 0.717) is 11.5 Å². The third-order valence-corrected chi connectivity index (χ3v) is 5.19. The summed E-state index contributed by atoms with van der Waals surface area (Å²) < 4.78 is 7.33. The van der Waals surface area contributed by atoms with Gasteiger partial charge < -0.3 is 9.30 Å². The minimum atomic E-state index is -0.257. The minimum absolute atomic E-state index is 0.0380. The van der Waals surface area contributed by atoms with E-state index in [0.717, 1.165) is 28.6 Å². The molecule has 1 aliphatic carbocycles. The Balaban J connectivity index is 1.73. The van der Waals surface area contributed by atoms with E-state index in [4.69, 9.17) is 4.74 Å². The molecular formula is C22H21NO3. The summed E-state index contributed by atoms with van der Waals surface area (Å²) in [5.74, 6) is -0.0893. The van der Waals surface area contributed by atoms with Crippen LogP contribution in [0.1, 0.15) is 23.7 Å². The average Bonchev–Trinajstić information content (AvgIpc) is 3.33. The Morgan fingerprint density at radius 3 is 2.42 bits per heavy atom. The van der Waals surface area contributed by atoms with Crippen LogP contribution >= 0.6 is 0 Å². The third-order valence-electron chi connectivity index (χ3n) is 5.19. The monoisotopic (exact) mass is 347 g/mol. The number of ketones is 1. The molecule has 4 nitrogen and oxygen atoms in total. The molecule has 1 aliphatic rings. The largest absolute Gasteiger partial charge is 0.457 e. The third kappa shape index (κ3) is 2.81. The van der Waals surface area contributed by atoms with Gasteiger partial charge in [-0.15, -0.1) is 0 Å². The van der Waals surface area contributed by atoms with Crippen LogP contribution in [0.4, 0.5) is 0 Å². The van der Waals surface area contributed by atoms with Gasteiger partial charge in [0.1, 0.15) is 0 Å². The number of aryl methyl sites for hydroxylation is 1. The molecule has 1 heterocycles. The molecule has 0 amide bonds. The number of Topliss-reactive ketones (excluding diaryl/α,β-unsaturated/α-hetero) is 1. The predicted octanol–water partition coefficient (Wildman–Crippen LogP) is 4.23. The summed E-state index contributed by atoms with van der Waals surface area (Å²) in [7, 11) is 1.96. The van der Waals surface area contributed by atoms with Crippen LogP contribution in [0, 0.1) is 11.8 Å². The summed E-state index contributed by atoms with van der Waals surface area (Å²) in [4.78, 5) is 25.0. The van der Waals surface area contributed by atoms with Crippen LogP contribution in [-0.4, -0.2) is 22.9 Å². The molecule has 1 fully saturated rings. The molecule has 132 valence electrons. The summed E-state index contributed by atoms with van der Waals surface area (Å²) in [6, 6.07) is 17.7. The maximum atomic E-state index is 13.0. The van der Waals surface area contributed by atoms with E-state index in [1.165, 1.54) is 0 Å².